The van der Waals surface area contributed by atoms with Crippen LogP contribution in [0.25, 0.3) is 0 Å². The van der Waals surface area contributed by atoms with Crippen LogP contribution in [-0.4, -0.2) is 15.5 Å². The van der Waals surface area contributed by atoms with Gasteiger partial charge in [0.2, 0.25) is 0 Å². The first-order chi connectivity index (χ1) is 9.99. The zero-order valence-electron chi connectivity index (χ0n) is 11.9. The van der Waals surface area contributed by atoms with E-state index in [0.29, 0.717) is 23.5 Å². The number of pyridine rings is 2. The number of aromatic nitrogens is 2. The topological polar surface area (TPSA) is 64.0 Å². The van der Waals surface area contributed by atoms with Gasteiger partial charge in [0.15, 0.2) is 0 Å². The molecule has 0 atom stereocenters. The number of aryl methyl sites for hydroxylation is 2. The van der Waals surface area contributed by atoms with E-state index >= 15 is 0 Å². The molecule has 0 aliphatic rings. The normalized spacial score (nSPS) is 10.4. The van der Waals surface area contributed by atoms with Gasteiger partial charge in [0, 0.05) is 30.1 Å². The lowest BCUT2D eigenvalue weighted by Crippen LogP contribution is -2.20. The van der Waals surface area contributed by atoms with E-state index in [-0.39, 0.29) is 16.6 Å². The molecule has 2 aromatic rings. The summed E-state index contributed by atoms with van der Waals surface area (Å²) in [5.41, 5.74) is 1.58. The molecule has 1 N–H and O–H groups in total. The molecule has 6 heteroatoms. The van der Waals surface area contributed by atoms with E-state index in [1.165, 1.54) is 12.1 Å². The Hall–Kier alpha value is -2.14. The number of nitrogens with one attached hydrogen (secondary N) is 1. The summed E-state index contributed by atoms with van der Waals surface area (Å²) >= 11 is 5.85. The molecule has 2 heterocycles. The van der Waals surface area contributed by atoms with Crippen LogP contribution in [0, 0.1) is 6.92 Å². The van der Waals surface area contributed by atoms with E-state index in [1.807, 2.05) is 6.92 Å². The number of carbonyl (C=O) groups is 1. The summed E-state index contributed by atoms with van der Waals surface area (Å²) in [5.74, 6) is -0.288. The molecule has 0 saturated carbocycles. The molecule has 2 rings (SSSR count). The first kappa shape index (κ1) is 15.3. The van der Waals surface area contributed by atoms with Gasteiger partial charge in [0.05, 0.1) is 5.69 Å². The highest BCUT2D eigenvalue weighted by atomic mass is 35.5. The lowest BCUT2D eigenvalue weighted by molar-refractivity contribution is 0.102. The van der Waals surface area contributed by atoms with E-state index in [4.69, 9.17) is 11.6 Å². The summed E-state index contributed by atoms with van der Waals surface area (Å²) < 4.78 is 1.57. The van der Waals surface area contributed by atoms with Crippen molar-refractivity contribution in [3.63, 3.8) is 0 Å². The Balaban J connectivity index is 2.23. The van der Waals surface area contributed by atoms with Crippen LogP contribution in [0.3, 0.4) is 0 Å². The van der Waals surface area contributed by atoms with Crippen LogP contribution in [0.15, 0.2) is 35.3 Å². The largest absolute Gasteiger partial charge is 0.321 e. The fourth-order valence-corrected chi connectivity index (χ4v) is 2.23. The van der Waals surface area contributed by atoms with Crippen molar-refractivity contribution < 1.29 is 4.79 Å². The lowest BCUT2D eigenvalue weighted by Gasteiger charge is -2.09. The average Bonchev–Trinajstić information content (AvgIpc) is 2.41. The smallest absolute Gasteiger partial charge is 0.255 e. The third-order valence-electron chi connectivity index (χ3n) is 2.89. The lowest BCUT2D eigenvalue weighted by atomic mass is 10.2. The number of halogens is 1. The standard InChI is InChI=1S/C15H16ClN3O2/c1-3-6-19-9-12(4-5-14(19)20)18-15(21)11-7-10(2)17-13(16)8-11/h4-5,7-9H,3,6H2,1-2H3,(H,18,21). The van der Waals surface area contributed by atoms with Gasteiger partial charge in [0.1, 0.15) is 5.15 Å². The molecule has 0 aliphatic carbocycles. The maximum Gasteiger partial charge on any atom is 0.255 e. The predicted octanol–water partition coefficient (Wildman–Crippen LogP) is 2.87. The van der Waals surface area contributed by atoms with E-state index in [0.717, 1.165) is 6.42 Å². The highest BCUT2D eigenvalue weighted by molar-refractivity contribution is 6.29. The van der Waals surface area contributed by atoms with E-state index in [1.54, 1.807) is 29.8 Å². The van der Waals surface area contributed by atoms with Gasteiger partial charge in [-0.1, -0.05) is 18.5 Å². The first-order valence-electron chi connectivity index (χ1n) is 6.65. The van der Waals surface area contributed by atoms with Crippen molar-refractivity contribution in [3.05, 3.63) is 57.2 Å². The Morgan fingerprint density at radius 1 is 1.38 bits per heavy atom. The number of nitrogens with zero attached hydrogens (tertiary/aromatic N) is 2. The number of hydrogen-bond donors (Lipinski definition) is 1. The Kier molecular flexibility index (Phi) is 4.75. The number of rotatable bonds is 4. The van der Waals surface area contributed by atoms with Crippen molar-refractivity contribution in [2.24, 2.45) is 0 Å². The number of anilines is 1. The van der Waals surface area contributed by atoms with Crippen LogP contribution in [0.1, 0.15) is 29.4 Å². The van der Waals surface area contributed by atoms with Gasteiger partial charge in [-0.05, 0) is 31.5 Å². The van der Waals surface area contributed by atoms with Gasteiger partial charge in [-0.15, -0.1) is 0 Å². The molecular formula is C15H16ClN3O2. The van der Waals surface area contributed by atoms with E-state index in [9.17, 15) is 9.59 Å². The van der Waals surface area contributed by atoms with Crippen LogP contribution < -0.4 is 10.9 Å². The van der Waals surface area contributed by atoms with Crippen molar-refractivity contribution in [3.8, 4) is 0 Å². The van der Waals surface area contributed by atoms with Crippen LogP contribution in [0.4, 0.5) is 5.69 Å². The van der Waals surface area contributed by atoms with Crippen molar-refractivity contribution >= 4 is 23.2 Å². The minimum absolute atomic E-state index is 0.0855. The zero-order chi connectivity index (χ0) is 15.4. The molecule has 5 nitrogen and oxygen atoms in total. The molecule has 1 amide bonds. The summed E-state index contributed by atoms with van der Waals surface area (Å²) in [4.78, 5) is 27.8. The van der Waals surface area contributed by atoms with Crippen molar-refractivity contribution in [1.29, 1.82) is 0 Å². The molecule has 0 aliphatic heterocycles. The summed E-state index contributed by atoms with van der Waals surface area (Å²) in [6, 6.07) is 6.19. The van der Waals surface area contributed by atoms with Crippen molar-refractivity contribution in [1.82, 2.24) is 9.55 Å². The SMILES string of the molecule is CCCn1cc(NC(=O)c2cc(C)nc(Cl)c2)ccc1=O. The van der Waals surface area contributed by atoms with Crippen molar-refractivity contribution in [2.45, 2.75) is 26.8 Å². The van der Waals surface area contributed by atoms with Gasteiger partial charge in [0.25, 0.3) is 11.5 Å². The monoisotopic (exact) mass is 305 g/mol. The maximum atomic E-state index is 12.2. The van der Waals surface area contributed by atoms with Gasteiger partial charge in [-0.25, -0.2) is 4.98 Å². The maximum absolute atomic E-state index is 12.2. The van der Waals surface area contributed by atoms with E-state index < -0.39 is 0 Å². The molecule has 0 spiro atoms. The Morgan fingerprint density at radius 2 is 2.14 bits per heavy atom. The number of amides is 1. The molecule has 0 aromatic carbocycles. The average molecular weight is 306 g/mol. The Labute approximate surface area is 127 Å². The van der Waals surface area contributed by atoms with Gasteiger partial charge < -0.3 is 9.88 Å². The highest BCUT2D eigenvalue weighted by Crippen LogP contribution is 2.13. The minimum atomic E-state index is -0.288. The van der Waals surface area contributed by atoms with Crippen LogP contribution >= 0.6 is 11.6 Å². The van der Waals surface area contributed by atoms with Gasteiger partial charge in [-0.2, -0.15) is 0 Å². The molecule has 0 fully saturated rings. The molecule has 0 radical (unpaired) electrons. The highest BCUT2D eigenvalue weighted by Gasteiger charge is 2.09. The molecular weight excluding hydrogens is 290 g/mol. The quantitative estimate of drug-likeness (QED) is 0.883. The number of carbonyl (C=O) groups excluding carboxylic acids is 1. The third kappa shape index (κ3) is 3.92. The summed E-state index contributed by atoms with van der Waals surface area (Å²) in [6.07, 6.45) is 2.48. The molecule has 110 valence electrons. The van der Waals surface area contributed by atoms with E-state index in [2.05, 4.69) is 10.3 Å². The second kappa shape index (κ2) is 6.54. The second-order valence-electron chi connectivity index (χ2n) is 4.72. The molecule has 0 saturated heterocycles. The molecule has 0 unspecified atom stereocenters. The fraction of sp³-hybridized carbons (Fsp3) is 0.267. The summed E-state index contributed by atoms with van der Waals surface area (Å²) in [6.45, 7) is 4.37. The van der Waals surface area contributed by atoms with Crippen LogP contribution in [0.5, 0.6) is 0 Å². The second-order valence-corrected chi connectivity index (χ2v) is 5.11. The Bertz CT molecular complexity index is 705. The molecule has 2 aromatic heterocycles. The summed E-state index contributed by atoms with van der Waals surface area (Å²) in [5, 5.41) is 3.03. The summed E-state index contributed by atoms with van der Waals surface area (Å²) in [7, 11) is 0. The zero-order valence-corrected chi connectivity index (χ0v) is 12.6. The third-order valence-corrected chi connectivity index (χ3v) is 3.08. The minimum Gasteiger partial charge on any atom is -0.321 e. The number of hydrogen-bond acceptors (Lipinski definition) is 3. The fourth-order valence-electron chi connectivity index (χ4n) is 1.98. The van der Waals surface area contributed by atoms with Gasteiger partial charge in [-0.3, -0.25) is 9.59 Å². The van der Waals surface area contributed by atoms with Gasteiger partial charge >= 0.3 is 0 Å². The molecule has 0 bridgehead atoms. The van der Waals surface area contributed by atoms with Crippen LogP contribution in [-0.2, 0) is 6.54 Å². The predicted molar refractivity (Wildman–Crippen MR) is 82.9 cm³/mol. The van der Waals surface area contributed by atoms with Crippen LogP contribution in [0.2, 0.25) is 5.15 Å². The Morgan fingerprint density at radius 3 is 2.81 bits per heavy atom. The molecule has 21 heavy (non-hydrogen) atoms. The first-order valence-corrected chi connectivity index (χ1v) is 7.03. The van der Waals surface area contributed by atoms with Crippen molar-refractivity contribution in [2.75, 3.05) is 5.32 Å².